The Morgan fingerprint density at radius 3 is 1.89 bits per heavy atom. The molecule has 0 saturated heterocycles. The van der Waals surface area contributed by atoms with Crippen molar-refractivity contribution in [3.05, 3.63) is 119 Å². The number of benzene rings is 3. The van der Waals surface area contributed by atoms with E-state index in [1.165, 1.54) is 18.3 Å². The summed E-state index contributed by atoms with van der Waals surface area (Å²) in [5, 5.41) is 11.9. The van der Waals surface area contributed by atoms with E-state index in [0.29, 0.717) is 10.7 Å². The zero-order chi connectivity index (χ0) is 32.8. The van der Waals surface area contributed by atoms with Crippen LogP contribution in [0.3, 0.4) is 0 Å². The monoisotopic (exact) mass is 631 g/mol. The number of nitrogens with zero attached hydrogens (tertiary/aromatic N) is 2. The van der Waals surface area contributed by atoms with Crippen LogP contribution in [0.15, 0.2) is 103 Å². The molecule has 0 aliphatic heterocycles. The first-order valence-corrected chi connectivity index (χ1v) is 16.0. The van der Waals surface area contributed by atoms with Gasteiger partial charge in [0.1, 0.15) is 6.04 Å². The number of aromatic nitrogens is 2. The number of hydrogen-bond acceptors (Lipinski definition) is 6. The molecule has 0 bridgehead atoms. The number of carboxylic acids is 1. The van der Waals surface area contributed by atoms with Gasteiger partial charge in [0.15, 0.2) is 11.6 Å². The van der Waals surface area contributed by atoms with Gasteiger partial charge in [0, 0.05) is 40.7 Å². The number of thiophene rings is 1. The fourth-order valence-corrected chi connectivity index (χ4v) is 6.06. The summed E-state index contributed by atoms with van der Waals surface area (Å²) in [6.45, 7) is 7.67. The molecule has 5 rings (SSSR count). The first-order valence-electron chi connectivity index (χ1n) is 15.2. The Kier molecular flexibility index (Phi) is 9.87. The largest absolute Gasteiger partial charge is 0.480 e. The average Bonchev–Trinajstić information content (AvgIpc) is 3.57. The molecule has 0 spiro atoms. The topological polar surface area (TPSA) is 109 Å². The second kappa shape index (κ2) is 14.0. The Morgan fingerprint density at radius 2 is 1.33 bits per heavy atom. The smallest absolute Gasteiger partial charge is 0.325 e. The Morgan fingerprint density at radius 1 is 0.761 bits per heavy atom. The zero-order valence-electron chi connectivity index (χ0n) is 26.4. The molecule has 5 aromatic rings. The molecule has 234 valence electrons. The van der Waals surface area contributed by atoms with E-state index < -0.39 is 23.8 Å². The van der Waals surface area contributed by atoms with Gasteiger partial charge < -0.3 is 10.4 Å². The summed E-state index contributed by atoms with van der Waals surface area (Å²) in [6.07, 6.45) is 3.86. The van der Waals surface area contributed by atoms with Crippen molar-refractivity contribution in [1.82, 2.24) is 15.3 Å². The van der Waals surface area contributed by atoms with E-state index in [0.717, 1.165) is 38.3 Å². The van der Waals surface area contributed by atoms with Gasteiger partial charge in [0.25, 0.3) is 0 Å². The average molecular weight is 632 g/mol. The van der Waals surface area contributed by atoms with Crippen LogP contribution < -0.4 is 5.32 Å². The molecular weight excluding hydrogens is 595 g/mol. The summed E-state index contributed by atoms with van der Waals surface area (Å²) in [5.74, 6) is -1.89. The van der Waals surface area contributed by atoms with Crippen LogP contribution in [-0.4, -0.2) is 38.8 Å². The number of aliphatic carboxylic acids is 1. The van der Waals surface area contributed by atoms with Crippen LogP contribution in [0.2, 0.25) is 0 Å². The molecule has 2 atom stereocenters. The molecule has 0 radical (unpaired) electrons. The van der Waals surface area contributed by atoms with Crippen LogP contribution in [0.1, 0.15) is 54.2 Å². The van der Waals surface area contributed by atoms with Gasteiger partial charge >= 0.3 is 5.97 Å². The molecule has 2 N–H and O–H groups in total. The molecule has 46 heavy (non-hydrogen) atoms. The third kappa shape index (κ3) is 8.00. The second-order valence-electron chi connectivity index (χ2n) is 12.4. The highest BCUT2D eigenvalue weighted by Crippen LogP contribution is 2.31. The normalized spacial score (nSPS) is 12.7. The second-order valence-corrected chi connectivity index (χ2v) is 13.5. The number of carboxylic acid groups (broad SMARTS) is 1. The molecule has 2 heterocycles. The van der Waals surface area contributed by atoms with Crippen molar-refractivity contribution in [2.45, 2.75) is 52.0 Å². The van der Waals surface area contributed by atoms with Crippen molar-refractivity contribution in [3.63, 3.8) is 0 Å². The molecule has 0 aliphatic rings. The number of amides is 1. The lowest BCUT2D eigenvalue weighted by Crippen LogP contribution is -2.42. The van der Waals surface area contributed by atoms with Crippen molar-refractivity contribution in [1.29, 1.82) is 0 Å². The molecule has 1 amide bonds. The Bertz CT molecular complexity index is 1810. The van der Waals surface area contributed by atoms with Gasteiger partial charge in [-0.3, -0.25) is 14.4 Å². The van der Waals surface area contributed by atoms with Gasteiger partial charge in [-0.1, -0.05) is 99.6 Å². The van der Waals surface area contributed by atoms with Crippen molar-refractivity contribution >= 4 is 29.0 Å². The Hall–Kier alpha value is -4.95. The van der Waals surface area contributed by atoms with Crippen molar-refractivity contribution in [2.75, 3.05) is 0 Å². The van der Waals surface area contributed by atoms with Crippen LogP contribution in [0.5, 0.6) is 0 Å². The Balaban J connectivity index is 1.28. The highest BCUT2D eigenvalue weighted by Gasteiger charge is 2.27. The van der Waals surface area contributed by atoms with E-state index in [4.69, 9.17) is 0 Å². The maximum atomic E-state index is 13.3. The van der Waals surface area contributed by atoms with E-state index in [2.05, 4.69) is 72.5 Å². The molecule has 0 saturated carbocycles. The molecule has 0 unspecified atom stereocenters. The van der Waals surface area contributed by atoms with E-state index in [-0.39, 0.29) is 24.0 Å². The summed E-state index contributed by atoms with van der Waals surface area (Å²) in [5.41, 5.74) is 5.81. The van der Waals surface area contributed by atoms with E-state index in [9.17, 15) is 19.5 Å². The van der Waals surface area contributed by atoms with Crippen LogP contribution in [0.4, 0.5) is 0 Å². The minimum atomic E-state index is -1.13. The highest BCUT2D eigenvalue weighted by atomic mass is 32.1. The SMILES string of the molecule is C[C@@H](NC(=O)[C@@H](CC(=O)c1ccc(C(C)(C)C)s1)Cc1ccc(-c2ncc(-c3ccc(-c4ccccc4)cc3)cn2)cc1)C(=O)O. The van der Waals surface area contributed by atoms with Crippen LogP contribution in [0.25, 0.3) is 33.6 Å². The lowest BCUT2D eigenvalue weighted by molar-refractivity contribution is -0.141. The summed E-state index contributed by atoms with van der Waals surface area (Å²) < 4.78 is 0. The standard InChI is InChI=1S/C38H37N3O4S/c1-24(37(44)45)41-36(43)30(21-32(42)33-18-19-34(46-33)38(2,3)4)20-25-10-12-29(13-11-25)35-39-22-31(23-40-35)28-16-14-27(15-17-28)26-8-6-5-7-9-26/h5-19,22-24,30H,20-21H2,1-4H3,(H,41,43)(H,44,45)/t24-,30-/m1/s1. The Labute approximate surface area is 273 Å². The minimum Gasteiger partial charge on any atom is -0.480 e. The maximum Gasteiger partial charge on any atom is 0.325 e. The molecule has 0 aliphatic carbocycles. The fraction of sp³-hybridized carbons (Fsp3) is 0.237. The van der Waals surface area contributed by atoms with Gasteiger partial charge in [-0.15, -0.1) is 11.3 Å². The fourth-order valence-electron chi connectivity index (χ4n) is 5.05. The van der Waals surface area contributed by atoms with Crippen molar-refractivity contribution in [3.8, 4) is 33.6 Å². The van der Waals surface area contributed by atoms with E-state index in [1.54, 1.807) is 12.4 Å². The third-order valence-electron chi connectivity index (χ3n) is 7.82. The lowest BCUT2D eigenvalue weighted by atomic mass is 9.92. The molecule has 8 heteroatoms. The lowest BCUT2D eigenvalue weighted by Gasteiger charge is -2.18. The minimum absolute atomic E-state index is 0.0269. The number of carbonyl (C=O) groups excluding carboxylic acids is 2. The van der Waals surface area contributed by atoms with Gasteiger partial charge in [-0.2, -0.15) is 0 Å². The zero-order valence-corrected chi connectivity index (χ0v) is 27.2. The van der Waals surface area contributed by atoms with Crippen LogP contribution in [0, 0.1) is 5.92 Å². The van der Waals surface area contributed by atoms with Gasteiger partial charge in [-0.25, -0.2) is 9.97 Å². The van der Waals surface area contributed by atoms with E-state index >= 15 is 0 Å². The number of nitrogens with one attached hydrogen (secondary N) is 1. The number of hydrogen-bond donors (Lipinski definition) is 2. The predicted octanol–water partition coefficient (Wildman–Crippen LogP) is 7.86. The summed E-state index contributed by atoms with van der Waals surface area (Å²) >= 11 is 1.44. The third-order valence-corrected chi connectivity index (χ3v) is 9.38. The summed E-state index contributed by atoms with van der Waals surface area (Å²) in [4.78, 5) is 48.7. The van der Waals surface area contributed by atoms with Crippen LogP contribution in [-0.2, 0) is 21.4 Å². The number of ketones is 1. The molecule has 0 fully saturated rings. The van der Waals surface area contributed by atoms with Gasteiger partial charge in [0.05, 0.1) is 4.88 Å². The molecule has 2 aromatic heterocycles. The molecule has 7 nitrogen and oxygen atoms in total. The first-order chi connectivity index (χ1) is 22.0. The molecular formula is C38H37N3O4S. The number of Topliss-reactive ketones (excluding diaryl/α,β-unsaturated/α-hetero) is 1. The van der Waals surface area contributed by atoms with Gasteiger partial charge in [0.2, 0.25) is 5.91 Å². The van der Waals surface area contributed by atoms with Gasteiger partial charge in [-0.05, 0) is 53.1 Å². The summed E-state index contributed by atoms with van der Waals surface area (Å²) in [6, 6.07) is 28.8. The van der Waals surface area contributed by atoms with Crippen LogP contribution >= 0.6 is 11.3 Å². The van der Waals surface area contributed by atoms with Crippen molar-refractivity contribution in [2.24, 2.45) is 5.92 Å². The highest BCUT2D eigenvalue weighted by molar-refractivity contribution is 7.14. The van der Waals surface area contributed by atoms with Crippen molar-refractivity contribution < 1.29 is 19.5 Å². The first kappa shape index (κ1) is 32.4. The number of carbonyl (C=O) groups is 3. The predicted molar refractivity (Wildman–Crippen MR) is 183 cm³/mol. The number of rotatable bonds is 11. The summed E-state index contributed by atoms with van der Waals surface area (Å²) in [7, 11) is 0. The quantitative estimate of drug-likeness (QED) is 0.144. The maximum absolute atomic E-state index is 13.3. The molecule has 3 aromatic carbocycles. The van der Waals surface area contributed by atoms with E-state index in [1.807, 2.05) is 54.6 Å².